The Bertz CT molecular complexity index is 1270. The van der Waals surface area contributed by atoms with Gasteiger partial charge in [-0.05, 0) is 44.6 Å². The summed E-state index contributed by atoms with van der Waals surface area (Å²) in [7, 11) is 0. The summed E-state index contributed by atoms with van der Waals surface area (Å²) in [5, 5.41) is 12.0. The second kappa shape index (κ2) is 15.6. The highest BCUT2D eigenvalue weighted by molar-refractivity contribution is 5.97. The van der Waals surface area contributed by atoms with E-state index in [0.717, 1.165) is 5.56 Å². The van der Waals surface area contributed by atoms with Crippen LogP contribution in [0.5, 0.6) is 0 Å². The Labute approximate surface area is 245 Å². The number of amides is 3. The second-order valence-corrected chi connectivity index (χ2v) is 11.1. The van der Waals surface area contributed by atoms with Crippen molar-refractivity contribution in [2.45, 2.75) is 72.1 Å². The molecule has 3 amide bonds. The second-order valence-electron chi connectivity index (χ2n) is 11.1. The highest BCUT2D eigenvalue weighted by Gasteiger charge is 2.31. The number of rotatable bonds is 15. The summed E-state index contributed by atoms with van der Waals surface area (Å²) in [4.78, 5) is 63.6. The minimum Gasteiger partial charge on any atom is -0.458 e. The predicted octanol–water partition coefficient (Wildman–Crippen LogP) is 3.03. The van der Waals surface area contributed by atoms with Gasteiger partial charge in [-0.2, -0.15) is 0 Å². The monoisotopic (exact) mass is 580 g/mol. The zero-order valence-corrected chi connectivity index (χ0v) is 24.6. The van der Waals surface area contributed by atoms with E-state index in [4.69, 9.17) is 9.26 Å². The number of ketones is 1. The van der Waals surface area contributed by atoms with Crippen LogP contribution in [-0.4, -0.2) is 53.3 Å². The molecule has 1 saturated heterocycles. The standard InChI is InChI=1S/C31H40N4O7/c1-19(2)14-24(17-27(36)21(4)33-31(40)26-15-20(3)42-35-26)30(39)34-25(16-23-12-13-32-29(23)38)10-11-28(37)41-18-22-8-6-5-7-9-22/h5-11,15,19,21,23-25H,12-14,16-18H2,1-4H3,(H,32,38)(H,33,40)(H,34,39)/b11-10+/t21-,23-,24+,25+/m0/s1. The maximum absolute atomic E-state index is 13.5. The van der Waals surface area contributed by atoms with Crippen LogP contribution in [0.3, 0.4) is 0 Å². The normalized spacial score (nSPS) is 17.0. The molecule has 42 heavy (non-hydrogen) atoms. The molecule has 1 fully saturated rings. The van der Waals surface area contributed by atoms with Crippen LogP contribution in [0.4, 0.5) is 0 Å². The quantitative estimate of drug-likeness (QED) is 0.214. The van der Waals surface area contributed by atoms with Gasteiger partial charge >= 0.3 is 5.97 Å². The number of ether oxygens (including phenoxy) is 1. The molecular weight excluding hydrogens is 540 g/mol. The van der Waals surface area contributed by atoms with Crippen molar-refractivity contribution in [2.75, 3.05) is 6.54 Å². The molecule has 4 atom stereocenters. The topological polar surface area (TPSA) is 157 Å². The number of benzene rings is 1. The van der Waals surface area contributed by atoms with Gasteiger partial charge in [0.05, 0.1) is 6.04 Å². The van der Waals surface area contributed by atoms with E-state index in [1.54, 1.807) is 13.8 Å². The van der Waals surface area contributed by atoms with Crippen LogP contribution in [0.15, 0.2) is 53.1 Å². The zero-order valence-electron chi connectivity index (χ0n) is 24.6. The van der Waals surface area contributed by atoms with Gasteiger partial charge in [0.15, 0.2) is 11.5 Å². The number of nitrogens with zero attached hydrogens (tertiary/aromatic N) is 1. The van der Waals surface area contributed by atoms with Gasteiger partial charge < -0.3 is 25.2 Å². The molecule has 1 aromatic heterocycles. The van der Waals surface area contributed by atoms with Gasteiger partial charge in [-0.3, -0.25) is 19.2 Å². The Hall–Kier alpha value is -4.28. The number of hydrogen-bond donors (Lipinski definition) is 3. The number of esters is 1. The van der Waals surface area contributed by atoms with Gasteiger partial charge in [-0.15, -0.1) is 0 Å². The van der Waals surface area contributed by atoms with Crippen LogP contribution in [0, 0.1) is 24.7 Å². The van der Waals surface area contributed by atoms with E-state index in [9.17, 15) is 24.0 Å². The molecule has 226 valence electrons. The van der Waals surface area contributed by atoms with E-state index in [0.29, 0.717) is 31.6 Å². The van der Waals surface area contributed by atoms with Crippen molar-refractivity contribution in [1.29, 1.82) is 0 Å². The molecular formula is C31H40N4O7. The number of aromatic nitrogens is 1. The Kier molecular flexibility index (Phi) is 12.0. The van der Waals surface area contributed by atoms with E-state index < -0.39 is 29.9 Å². The molecule has 2 aromatic rings. The van der Waals surface area contributed by atoms with Gasteiger partial charge in [-0.25, -0.2) is 4.79 Å². The third kappa shape index (κ3) is 10.3. The highest BCUT2D eigenvalue weighted by Crippen LogP contribution is 2.21. The van der Waals surface area contributed by atoms with Crippen molar-refractivity contribution in [1.82, 2.24) is 21.1 Å². The van der Waals surface area contributed by atoms with Crippen molar-refractivity contribution in [3.05, 3.63) is 65.6 Å². The van der Waals surface area contributed by atoms with Gasteiger partial charge in [0.1, 0.15) is 12.4 Å². The third-order valence-corrected chi connectivity index (χ3v) is 6.98. The van der Waals surface area contributed by atoms with Crippen molar-refractivity contribution in [3.8, 4) is 0 Å². The summed E-state index contributed by atoms with van der Waals surface area (Å²) in [6, 6.07) is 9.24. The fourth-order valence-corrected chi connectivity index (χ4v) is 4.73. The highest BCUT2D eigenvalue weighted by atomic mass is 16.5. The summed E-state index contributed by atoms with van der Waals surface area (Å²) in [6.45, 7) is 7.77. The zero-order chi connectivity index (χ0) is 30.6. The van der Waals surface area contributed by atoms with Crippen LogP contribution in [-0.2, 0) is 30.5 Å². The van der Waals surface area contributed by atoms with E-state index in [2.05, 4.69) is 21.1 Å². The molecule has 3 rings (SSSR count). The summed E-state index contributed by atoms with van der Waals surface area (Å²) in [5.74, 6) is -2.31. The first-order valence-corrected chi connectivity index (χ1v) is 14.3. The van der Waals surface area contributed by atoms with Crippen LogP contribution in [0.1, 0.15) is 68.3 Å². The van der Waals surface area contributed by atoms with Crippen LogP contribution in [0.2, 0.25) is 0 Å². The lowest BCUT2D eigenvalue weighted by atomic mass is 9.89. The molecule has 0 saturated carbocycles. The fourth-order valence-electron chi connectivity index (χ4n) is 4.73. The summed E-state index contributed by atoms with van der Waals surface area (Å²) < 4.78 is 10.2. The summed E-state index contributed by atoms with van der Waals surface area (Å²) in [5.41, 5.74) is 0.908. The van der Waals surface area contributed by atoms with Crippen molar-refractivity contribution in [2.24, 2.45) is 17.8 Å². The lowest BCUT2D eigenvalue weighted by Crippen LogP contribution is -2.43. The molecule has 0 spiro atoms. The van der Waals surface area contributed by atoms with E-state index in [1.807, 2.05) is 44.2 Å². The van der Waals surface area contributed by atoms with Crippen molar-refractivity contribution >= 4 is 29.5 Å². The van der Waals surface area contributed by atoms with Crippen molar-refractivity contribution < 1.29 is 33.2 Å². The molecule has 1 aliphatic rings. The molecule has 11 heteroatoms. The van der Waals surface area contributed by atoms with Gasteiger partial charge in [-0.1, -0.05) is 55.4 Å². The average molecular weight is 581 g/mol. The number of Topliss-reactive ketones (excluding diaryl/α,β-unsaturated/α-hetero) is 1. The van der Waals surface area contributed by atoms with Crippen molar-refractivity contribution in [3.63, 3.8) is 0 Å². The average Bonchev–Trinajstić information content (AvgIpc) is 3.57. The first-order valence-electron chi connectivity index (χ1n) is 14.3. The molecule has 0 unspecified atom stereocenters. The maximum Gasteiger partial charge on any atom is 0.330 e. The van der Waals surface area contributed by atoms with E-state index in [-0.39, 0.29) is 48.2 Å². The Morgan fingerprint density at radius 3 is 2.50 bits per heavy atom. The lowest BCUT2D eigenvalue weighted by molar-refractivity contribution is -0.139. The maximum atomic E-state index is 13.5. The number of nitrogens with one attached hydrogen (secondary N) is 3. The van der Waals surface area contributed by atoms with Crippen LogP contribution < -0.4 is 16.0 Å². The predicted molar refractivity (Wildman–Crippen MR) is 154 cm³/mol. The Morgan fingerprint density at radius 2 is 1.88 bits per heavy atom. The van der Waals surface area contributed by atoms with E-state index in [1.165, 1.54) is 18.2 Å². The third-order valence-electron chi connectivity index (χ3n) is 6.98. The number of hydrogen-bond acceptors (Lipinski definition) is 8. The summed E-state index contributed by atoms with van der Waals surface area (Å²) >= 11 is 0. The number of carbonyl (C=O) groups is 5. The first-order chi connectivity index (χ1) is 20.0. The Morgan fingerprint density at radius 1 is 1.14 bits per heavy atom. The molecule has 3 N–H and O–H groups in total. The minimum absolute atomic E-state index is 0.0662. The minimum atomic E-state index is -0.853. The van der Waals surface area contributed by atoms with Crippen LogP contribution >= 0.6 is 0 Å². The molecule has 0 aliphatic carbocycles. The number of carbonyl (C=O) groups excluding carboxylic acids is 5. The Balaban J connectivity index is 1.65. The molecule has 0 radical (unpaired) electrons. The van der Waals surface area contributed by atoms with Crippen LogP contribution in [0.25, 0.3) is 0 Å². The smallest absolute Gasteiger partial charge is 0.330 e. The fraction of sp³-hybridized carbons (Fsp3) is 0.484. The molecule has 2 heterocycles. The molecule has 1 aliphatic heterocycles. The number of aryl methyl sites for hydroxylation is 1. The molecule has 1 aromatic carbocycles. The van der Waals surface area contributed by atoms with Gasteiger partial charge in [0.25, 0.3) is 5.91 Å². The van der Waals surface area contributed by atoms with Gasteiger partial charge in [0.2, 0.25) is 11.8 Å². The lowest BCUT2D eigenvalue weighted by Gasteiger charge is -2.24. The molecule has 11 nitrogen and oxygen atoms in total. The van der Waals surface area contributed by atoms with E-state index >= 15 is 0 Å². The largest absolute Gasteiger partial charge is 0.458 e. The molecule has 0 bridgehead atoms. The summed E-state index contributed by atoms with van der Waals surface area (Å²) in [6.07, 6.45) is 4.04. The first kappa shape index (κ1) is 32.2. The SMILES string of the molecule is Cc1cc(C(=O)N[C@@H](C)C(=O)C[C@@H](CC(C)C)C(=O)N[C@H](/C=C/C(=O)OCc2ccccc2)C[C@@H]2CCNC2=O)no1. The van der Waals surface area contributed by atoms with Gasteiger partial charge in [0, 0.05) is 43.0 Å².